The van der Waals surface area contributed by atoms with Crippen molar-refractivity contribution < 1.29 is 9.53 Å². The van der Waals surface area contributed by atoms with Crippen molar-refractivity contribution in [1.29, 1.82) is 0 Å². The molecule has 2 aliphatic rings. The van der Waals surface area contributed by atoms with Crippen molar-refractivity contribution in [2.75, 3.05) is 31.2 Å². The van der Waals surface area contributed by atoms with E-state index in [9.17, 15) is 4.79 Å². The van der Waals surface area contributed by atoms with Gasteiger partial charge in [-0.05, 0) is 37.5 Å². The molecular weight excluding hydrogens is 374 g/mol. The predicted octanol–water partition coefficient (Wildman–Crippen LogP) is 3.50. The normalized spacial score (nSPS) is 20.2. The van der Waals surface area contributed by atoms with Gasteiger partial charge in [-0.3, -0.25) is 9.78 Å². The van der Waals surface area contributed by atoms with E-state index >= 15 is 0 Å². The molecule has 0 bridgehead atoms. The van der Waals surface area contributed by atoms with E-state index in [2.05, 4.69) is 45.5 Å². The zero-order chi connectivity index (χ0) is 20.6. The Morgan fingerprint density at radius 2 is 1.93 bits per heavy atom. The molecule has 5 heteroatoms. The van der Waals surface area contributed by atoms with E-state index in [1.54, 1.807) is 0 Å². The molecule has 154 valence electrons. The Hall–Kier alpha value is -2.92. The summed E-state index contributed by atoms with van der Waals surface area (Å²) in [6.07, 6.45) is 1.64. The molecule has 2 aromatic carbocycles. The first kappa shape index (κ1) is 19.1. The standard InChI is InChI=1S/C25H27N3O2/c1-18-13-23(21-9-5-6-10-22(21)26-18)28-16-25(17-28,14-19-7-3-2-4-8-19)24(29)27-20-11-12-30-15-20/h2-10,13,20H,11-12,14-17H2,1H3,(H,27,29). The van der Waals surface area contributed by atoms with E-state index < -0.39 is 5.41 Å². The maximum absolute atomic E-state index is 13.4. The fourth-order valence-electron chi connectivity index (χ4n) is 4.71. The lowest BCUT2D eigenvalue weighted by molar-refractivity contribution is -0.133. The fraction of sp³-hybridized carbons (Fsp3) is 0.360. The van der Waals surface area contributed by atoms with Gasteiger partial charge in [-0.15, -0.1) is 0 Å². The van der Waals surface area contributed by atoms with E-state index in [1.807, 2.05) is 37.3 Å². The van der Waals surface area contributed by atoms with Crippen LogP contribution in [-0.4, -0.2) is 43.2 Å². The van der Waals surface area contributed by atoms with Crippen LogP contribution < -0.4 is 10.2 Å². The number of nitrogens with zero attached hydrogens (tertiary/aromatic N) is 2. The summed E-state index contributed by atoms with van der Waals surface area (Å²) in [6.45, 7) is 4.78. The Morgan fingerprint density at radius 1 is 1.17 bits per heavy atom. The number of ether oxygens (including phenoxy) is 1. The number of carbonyl (C=O) groups is 1. The molecule has 2 aliphatic heterocycles. The molecule has 1 unspecified atom stereocenters. The minimum Gasteiger partial charge on any atom is -0.379 e. The van der Waals surface area contributed by atoms with Gasteiger partial charge in [0, 0.05) is 36.5 Å². The highest BCUT2D eigenvalue weighted by Crippen LogP contribution is 2.40. The summed E-state index contributed by atoms with van der Waals surface area (Å²) < 4.78 is 5.46. The first-order valence-corrected chi connectivity index (χ1v) is 10.7. The molecule has 0 aliphatic carbocycles. The summed E-state index contributed by atoms with van der Waals surface area (Å²) in [5.74, 6) is 0.146. The number of carbonyl (C=O) groups excluding carboxylic acids is 1. The van der Waals surface area contributed by atoms with E-state index in [0.717, 1.165) is 36.0 Å². The van der Waals surface area contributed by atoms with Crippen molar-refractivity contribution >= 4 is 22.5 Å². The summed E-state index contributed by atoms with van der Waals surface area (Å²) >= 11 is 0. The molecule has 30 heavy (non-hydrogen) atoms. The molecule has 3 aromatic rings. The minimum atomic E-state index is -0.428. The van der Waals surface area contributed by atoms with Crippen LogP contribution >= 0.6 is 0 Å². The van der Waals surface area contributed by atoms with Gasteiger partial charge >= 0.3 is 0 Å². The summed E-state index contributed by atoms with van der Waals surface area (Å²) in [5.41, 5.74) is 3.93. The lowest BCUT2D eigenvalue weighted by Crippen LogP contribution is -2.65. The smallest absolute Gasteiger partial charge is 0.230 e. The average molecular weight is 402 g/mol. The first-order valence-electron chi connectivity index (χ1n) is 10.7. The quantitative estimate of drug-likeness (QED) is 0.711. The molecule has 2 saturated heterocycles. The number of rotatable bonds is 5. The summed E-state index contributed by atoms with van der Waals surface area (Å²) in [7, 11) is 0. The van der Waals surface area contributed by atoms with Crippen LogP contribution in [0.15, 0.2) is 60.7 Å². The molecular formula is C25H27N3O2. The van der Waals surface area contributed by atoms with Gasteiger partial charge in [0.2, 0.25) is 5.91 Å². The highest BCUT2D eigenvalue weighted by molar-refractivity contribution is 5.94. The number of amides is 1. The number of hydrogen-bond donors (Lipinski definition) is 1. The molecule has 3 heterocycles. The molecule has 0 spiro atoms. The first-order chi connectivity index (χ1) is 14.6. The molecule has 5 rings (SSSR count). The number of hydrogen-bond acceptors (Lipinski definition) is 4. The monoisotopic (exact) mass is 401 g/mol. The van der Waals surface area contributed by atoms with Crippen LogP contribution in [0.3, 0.4) is 0 Å². The Morgan fingerprint density at radius 3 is 2.70 bits per heavy atom. The maximum Gasteiger partial charge on any atom is 0.230 e. The molecule has 1 amide bonds. The average Bonchev–Trinajstić information content (AvgIpc) is 3.23. The highest BCUT2D eigenvalue weighted by Gasteiger charge is 2.50. The zero-order valence-corrected chi connectivity index (χ0v) is 17.3. The lowest BCUT2D eigenvalue weighted by atomic mass is 9.73. The number of nitrogens with one attached hydrogen (secondary N) is 1. The second kappa shape index (κ2) is 7.73. The Balaban J connectivity index is 1.43. The van der Waals surface area contributed by atoms with Gasteiger partial charge < -0.3 is 15.0 Å². The van der Waals surface area contributed by atoms with Crippen LogP contribution in [0.2, 0.25) is 0 Å². The minimum absolute atomic E-state index is 0.128. The van der Waals surface area contributed by atoms with Crippen molar-refractivity contribution in [2.45, 2.75) is 25.8 Å². The van der Waals surface area contributed by atoms with Crippen LogP contribution in [0.25, 0.3) is 10.9 Å². The van der Waals surface area contributed by atoms with Gasteiger partial charge in [-0.2, -0.15) is 0 Å². The third-order valence-electron chi connectivity index (χ3n) is 6.28. The van der Waals surface area contributed by atoms with Crippen molar-refractivity contribution in [3.05, 3.63) is 71.9 Å². The summed E-state index contributed by atoms with van der Waals surface area (Å²) in [5, 5.41) is 4.40. The molecule has 2 fully saturated rings. The Bertz CT molecular complexity index is 1050. The summed E-state index contributed by atoms with van der Waals surface area (Å²) in [4.78, 5) is 20.4. The molecule has 0 radical (unpaired) electrons. The maximum atomic E-state index is 13.4. The van der Waals surface area contributed by atoms with Crippen LogP contribution in [-0.2, 0) is 16.0 Å². The van der Waals surface area contributed by atoms with Gasteiger partial charge in [0.15, 0.2) is 0 Å². The second-order valence-corrected chi connectivity index (χ2v) is 8.63. The number of pyridine rings is 1. The van der Waals surface area contributed by atoms with Gasteiger partial charge in [0.05, 0.1) is 23.6 Å². The Kier molecular flexibility index (Phi) is 4.91. The lowest BCUT2D eigenvalue weighted by Gasteiger charge is -2.51. The van der Waals surface area contributed by atoms with Crippen LogP contribution in [0.4, 0.5) is 5.69 Å². The van der Waals surface area contributed by atoms with Crippen LogP contribution in [0, 0.1) is 12.3 Å². The number of benzene rings is 2. The molecule has 5 nitrogen and oxygen atoms in total. The van der Waals surface area contributed by atoms with Gasteiger partial charge in [0.25, 0.3) is 0 Å². The van der Waals surface area contributed by atoms with Gasteiger partial charge in [-0.1, -0.05) is 48.5 Å². The molecule has 1 aromatic heterocycles. The summed E-state index contributed by atoms with van der Waals surface area (Å²) in [6, 6.07) is 20.8. The number of fused-ring (bicyclic) bond motifs is 1. The molecule has 0 saturated carbocycles. The van der Waals surface area contributed by atoms with Crippen molar-refractivity contribution in [1.82, 2.24) is 10.3 Å². The van der Waals surface area contributed by atoms with Gasteiger partial charge in [-0.25, -0.2) is 0 Å². The third-order valence-corrected chi connectivity index (χ3v) is 6.28. The van der Waals surface area contributed by atoms with E-state index in [0.29, 0.717) is 19.7 Å². The SMILES string of the molecule is Cc1cc(N2CC(Cc3ccccc3)(C(=O)NC3CCOC3)C2)c2ccccc2n1. The van der Waals surface area contributed by atoms with Crippen molar-refractivity contribution in [3.63, 3.8) is 0 Å². The highest BCUT2D eigenvalue weighted by atomic mass is 16.5. The Labute approximate surface area is 177 Å². The van der Waals surface area contributed by atoms with E-state index in [-0.39, 0.29) is 11.9 Å². The van der Waals surface area contributed by atoms with Gasteiger partial charge in [0.1, 0.15) is 0 Å². The van der Waals surface area contributed by atoms with E-state index in [4.69, 9.17) is 4.74 Å². The number of aryl methyl sites for hydroxylation is 1. The van der Waals surface area contributed by atoms with Crippen LogP contribution in [0.1, 0.15) is 17.7 Å². The number of anilines is 1. The zero-order valence-electron chi connectivity index (χ0n) is 17.3. The molecule has 1 atom stereocenters. The van der Waals surface area contributed by atoms with Crippen LogP contribution in [0.5, 0.6) is 0 Å². The second-order valence-electron chi connectivity index (χ2n) is 8.63. The van der Waals surface area contributed by atoms with Crippen molar-refractivity contribution in [3.8, 4) is 0 Å². The van der Waals surface area contributed by atoms with E-state index in [1.165, 1.54) is 11.3 Å². The largest absolute Gasteiger partial charge is 0.379 e. The van der Waals surface area contributed by atoms with Crippen molar-refractivity contribution in [2.24, 2.45) is 5.41 Å². The number of aromatic nitrogens is 1. The predicted molar refractivity (Wildman–Crippen MR) is 119 cm³/mol. The molecule has 1 N–H and O–H groups in total. The topological polar surface area (TPSA) is 54.5 Å². The fourth-order valence-corrected chi connectivity index (χ4v) is 4.71. The number of para-hydroxylation sites is 1. The third kappa shape index (κ3) is 3.54.